The monoisotopic (exact) mass is 485 g/mol. The molecule has 3 aromatic rings. The average molecular weight is 486 g/mol. The number of amides is 1. The van der Waals surface area contributed by atoms with E-state index in [1.165, 1.54) is 11.3 Å². The van der Waals surface area contributed by atoms with E-state index in [2.05, 4.69) is 25.0 Å². The largest absolute Gasteiger partial charge is 0.477 e. The third-order valence-corrected chi connectivity index (χ3v) is 7.62. The number of nitrogens with one attached hydrogen (secondary N) is 2. The highest BCUT2D eigenvalue weighted by atomic mass is 32.2. The Morgan fingerprint density at radius 2 is 2.06 bits per heavy atom. The molecule has 2 N–H and O–H groups in total. The van der Waals surface area contributed by atoms with E-state index in [-0.39, 0.29) is 11.2 Å². The molecule has 4 rings (SSSR count). The lowest BCUT2D eigenvalue weighted by atomic mass is 9.98. The molecule has 0 bridgehead atoms. The van der Waals surface area contributed by atoms with E-state index < -0.39 is 16.5 Å². The number of aromatic nitrogens is 3. The predicted octanol–water partition coefficient (Wildman–Crippen LogP) is 4.21. The van der Waals surface area contributed by atoms with E-state index in [0.717, 1.165) is 24.0 Å². The van der Waals surface area contributed by atoms with Crippen molar-refractivity contribution in [2.75, 3.05) is 11.3 Å². The lowest BCUT2D eigenvalue weighted by Gasteiger charge is -2.25. The maximum absolute atomic E-state index is 13.1. The fourth-order valence-electron chi connectivity index (χ4n) is 3.26. The van der Waals surface area contributed by atoms with Crippen LogP contribution in [0.5, 0.6) is 5.88 Å². The highest BCUT2D eigenvalue weighted by Gasteiger charge is 2.30. The fraction of sp³-hybridized carbons (Fsp3) is 0.391. The van der Waals surface area contributed by atoms with Crippen LogP contribution in [0.25, 0.3) is 11.3 Å². The molecule has 0 saturated heterocycles. The van der Waals surface area contributed by atoms with Crippen LogP contribution in [0.2, 0.25) is 0 Å². The van der Waals surface area contributed by atoms with Crippen LogP contribution in [0, 0.1) is 6.92 Å². The molecule has 0 aliphatic heterocycles. The summed E-state index contributed by atoms with van der Waals surface area (Å²) < 4.78 is 20.5. The quantitative estimate of drug-likeness (QED) is 0.470. The van der Waals surface area contributed by atoms with Gasteiger partial charge < -0.3 is 10.1 Å². The van der Waals surface area contributed by atoms with Crippen molar-refractivity contribution in [1.29, 1.82) is 0 Å². The van der Waals surface area contributed by atoms with E-state index in [9.17, 15) is 9.00 Å². The van der Waals surface area contributed by atoms with E-state index >= 15 is 0 Å². The Morgan fingerprint density at radius 1 is 1.27 bits per heavy atom. The highest BCUT2D eigenvalue weighted by molar-refractivity contribution is 7.87. The number of ether oxygens (including phenoxy) is 1. The first-order valence-corrected chi connectivity index (χ1v) is 12.9. The van der Waals surface area contributed by atoms with Crippen LogP contribution in [0.4, 0.5) is 5.13 Å². The Labute approximate surface area is 199 Å². The van der Waals surface area contributed by atoms with Gasteiger partial charge in [-0.1, -0.05) is 6.07 Å². The lowest BCUT2D eigenvalue weighted by Crippen LogP contribution is -2.41. The number of rotatable bonds is 9. The average Bonchev–Trinajstić information content (AvgIpc) is 3.52. The molecule has 1 aromatic carbocycles. The summed E-state index contributed by atoms with van der Waals surface area (Å²) in [6.45, 7) is 8.11. The number of hydrogen-bond acceptors (Lipinski definition) is 7. The molecule has 1 saturated carbocycles. The zero-order valence-corrected chi connectivity index (χ0v) is 20.7. The van der Waals surface area contributed by atoms with Gasteiger partial charge >= 0.3 is 0 Å². The molecule has 10 heteroatoms. The molecule has 1 unspecified atom stereocenters. The number of anilines is 1. The predicted molar refractivity (Wildman–Crippen MR) is 131 cm³/mol. The second kappa shape index (κ2) is 9.56. The Hall–Kier alpha value is -2.85. The minimum absolute atomic E-state index is 0.192. The van der Waals surface area contributed by atoms with Crippen molar-refractivity contribution in [3.05, 3.63) is 52.8 Å². The van der Waals surface area contributed by atoms with Gasteiger partial charge in [0.1, 0.15) is 11.0 Å². The van der Waals surface area contributed by atoms with Gasteiger partial charge in [-0.25, -0.2) is 14.2 Å². The van der Waals surface area contributed by atoms with Gasteiger partial charge in [-0.3, -0.25) is 14.5 Å². The molecule has 2 aromatic heterocycles. The number of benzene rings is 1. The molecule has 1 fully saturated rings. The van der Waals surface area contributed by atoms with Crippen molar-refractivity contribution < 1.29 is 13.7 Å². The first-order chi connectivity index (χ1) is 15.8. The standard InChI is InChI=1S/C23H27N5O3S2/c1-5-31-20-12-24-11-18(25-20)15-6-9-17(14(2)10-15)21(29)27-23(3,4)19-13-32-22(26-19)28-33(30)16-7-8-16/h6,9-13,16H,5,7-8H2,1-4H3,(H,26,28)(H,27,29). The van der Waals surface area contributed by atoms with Gasteiger partial charge in [-0.15, -0.1) is 11.3 Å². The number of nitrogens with zero attached hydrogens (tertiary/aromatic N) is 3. The lowest BCUT2D eigenvalue weighted by molar-refractivity contribution is 0.0910. The summed E-state index contributed by atoms with van der Waals surface area (Å²) in [7, 11) is -1.10. The van der Waals surface area contributed by atoms with Gasteiger partial charge in [0.25, 0.3) is 5.91 Å². The van der Waals surface area contributed by atoms with Gasteiger partial charge in [0.2, 0.25) is 5.88 Å². The molecule has 33 heavy (non-hydrogen) atoms. The molecule has 174 valence electrons. The maximum atomic E-state index is 13.1. The summed E-state index contributed by atoms with van der Waals surface area (Å²) in [5.41, 5.74) is 2.96. The molecule has 0 radical (unpaired) electrons. The number of hydrogen-bond donors (Lipinski definition) is 2. The Morgan fingerprint density at radius 3 is 2.76 bits per heavy atom. The van der Waals surface area contributed by atoms with Gasteiger partial charge in [0.15, 0.2) is 5.13 Å². The smallest absolute Gasteiger partial charge is 0.252 e. The molecular weight excluding hydrogens is 458 g/mol. The molecule has 1 aliphatic rings. The molecule has 1 atom stereocenters. The summed E-state index contributed by atoms with van der Waals surface area (Å²) in [6.07, 6.45) is 5.22. The Kier molecular flexibility index (Phi) is 6.76. The zero-order valence-electron chi connectivity index (χ0n) is 19.0. The van der Waals surface area contributed by atoms with Crippen molar-refractivity contribution >= 4 is 33.4 Å². The van der Waals surface area contributed by atoms with Crippen molar-refractivity contribution in [3.8, 4) is 17.1 Å². The van der Waals surface area contributed by atoms with E-state index in [4.69, 9.17) is 4.74 Å². The Bertz CT molecular complexity index is 1190. The van der Waals surface area contributed by atoms with Crippen LogP contribution in [0.15, 0.2) is 36.0 Å². The van der Waals surface area contributed by atoms with Crippen molar-refractivity contribution in [1.82, 2.24) is 20.3 Å². The fourth-order valence-corrected chi connectivity index (χ4v) is 5.37. The van der Waals surface area contributed by atoms with Gasteiger partial charge in [0.05, 0.1) is 41.2 Å². The van der Waals surface area contributed by atoms with Gasteiger partial charge in [0, 0.05) is 16.5 Å². The number of carbonyl (C=O) groups excluding carboxylic acids is 1. The van der Waals surface area contributed by atoms with Crippen LogP contribution in [0.3, 0.4) is 0 Å². The van der Waals surface area contributed by atoms with Crippen LogP contribution in [0.1, 0.15) is 55.2 Å². The second-order valence-corrected chi connectivity index (χ2v) is 10.7. The normalized spacial score (nSPS) is 14.5. The SMILES string of the molecule is CCOc1cncc(-c2ccc(C(=O)NC(C)(C)c3csc(NS(=O)C4CC4)n3)c(C)c2)n1. The van der Waals surface area contributed by atoms with Crippen LogP contribution in [-0.4, -0.2) is 36.9 Å². The minimum Gasteiger partial charge on any atom is -0.477 e. The minimum atomic E-state index is -1.10. The third-order valence-electron chi connectivity index (χ3n) is 5.26. The third kappa shape index (κ3) is 5.56. The molecule has 8 nitrogen and oxygen atoms in total. The topological polar surface area (TPSA) is 106 Å². The van der Waals surface area contributed by atoms with Gasteiger partial charge in [-0.05, 0) is 58.2 Å². The van der Waals surface area contributed by atoms with Crippen molar-refractivity contribution in [2.24, 2.45) is 0 Å². The first-order valence-electron chi connectivity index (χ1n) is 10.8. The van der Waals surface area contributed by atoms with E-state index in [1.807, 2.05) is 45.2 Å². The maximum Gasteiger partial charge on any atom is 0.252 e. The zero-order chi connectivity index (χ0) is 23.6. The molecule has 1 aliphatic carbocycles. The van der Waals surface area contributed by atoms with E-state index in [1.54, 1.807) is 18.5 Å². The molecule has 1 amide bonds. The number of thiazole rings is 1. The summed E-state index contributed by atoms with van der Waals surface area (Å²) in [5.74, 6) is 0.275. The number of carbonyl (C=O) groups is 1. The van der Waals surface area contributed by atoms with Gasteiger partial charge in [-0.2, -0.15) is 0 Å². The second-order valence-electron chi connectivity index (χ2n) is 8.42. The van der Waals surface area contributed by atoms with Crippen LogP contribution >= 0.6 is 11.3 Å². The highest BCUT2D eigenvalue weighted by Crippen LogP contribution is 2.30. The summed E-state index contributed by atoms with van der Waals surface area (Å²) >= 11 is 1.39. The van der Waals surface area contributed by atoms with Crippen molar-refractivity contribution in [2.45, 2.75) is 51.3 Å². The van der Waals surface area contributed by atoms with Crippen LogP contribution < -0.4 is 14.8 Å². The van der Waals surface area contributed by atoms with E-state index in [0.29, 0.717) is 34.6 Å². The van der Waals surface area contributed by atoms with Crippen molar-refractivity contribution in [3.63, 3.8) is 0 Å². The first kappa shape index (κ1) is 23.3. The number of aryl methyl sites for hydroxylation is 1. The Balaban J connectivity index is 1.47. The summed E-state index contributed by atoms with van der Waals surface area (Å²) in [6, 6.07) is 5.56. The summed E-state index contributed by atoms with van der Waals surface area (Å²) in [5, 5.41) is 5.78. The molecule has 2 heterocycles. The van der Waals surface area contributed by atoms with Crippen LogP contribution in [-0.2, 0) is 16.5 Å². The molecular formula is C23H27N5O3S2. The molecule has 0 spiro atoms. The summed E-state index contributed by atoms with van der Waals surface area (Å²) in [4.78, 5) is 26.3.